The van der Waals surface area contributed by atoms with Crippen LogP contribution in [0, 0.1) is 0 Å². The third kappa shape index (κ3) is 1.43. The van der Waals surface area contributed by atoms with Gasteiger partial charge in [-0.3, -0.25) is 0 Å². The smallest absolute Gasteiger partial charge is 0.423 e. The molecule has 2 nitrogen and oxygen atoms in total. The van der Waals surface area contributed by atoms with Gasteiger partial charge >= 0.3 is 7.12 Å². The lowest BCUT2D eigenvalue weighted by molar-refractivity contribution is 0.426. The van der Waals surface area contributed by atoms with E-state index in [4.69, 9.17) is 10.0 Å². The van der Waals surface area contributed by atoms with E-state index in [1.54, 1.807) is 17.4 Å². The molecule has 1 heterocycles. The van der Waals surface area contributed by atoms with Crippen molar-refractivity contribution in [3.05, 3.63) is 42.5 Å². The summed E-state index contributed by atoms with van der Waals surface area (Å²) in [6, 6.07) is 13.7. The zero-order valence-electron chi connectivity index (χ0n) is 8.42. The van der Waals surface area contributed by atoms with E-state index in [2.05, 4.69) is 12.1 Å². The van der Waals surface area contributed by atoms with Crippen molar-refractivity contribution in [1.82, 2.24) is 0 Å². The van der Waals surface area contributed by atoms with Gasteiger partial charge in [0.05, 0.1) is 0 Å². The number of rotatable bonds is 1. The molecule has 1 aromatic heterocycles. The van der Waals surface area contributed by atoms with Crippen LogP contribution >= 0.6 is 11.3 Å². The van der Waals surface area contributed by atoms with Gasteiger partial charge in [0.2, 0.25) is 0 Å². The molecule has 2 N–H and O–H groups in total. The van der Waals surface area contributed by atoms with Crippen molar-refractivity contribution in [3.63, 3.8) is 0 Å². The normalized spacial score (nSPS) is 11.1. The molecule has 0 aliphatic heterocycles. The maximum atomic E-state index is 9.12. The fourth-order valence-electron chi connectivity index (χ4n) is 1.90. The molecule has 3 aromatic rings. The summed E-state index contributed by atoms with van der Waals surface area (Å²) in [7, 11) is -1.39. The lowest BCUT2D eigenvalue weighted by Crippen LogP contribution is -2.29. The highest BCUT2D eigenvalue weighted by molar-refractivity contribution is 7.25. The molecule has 78 valence electrons. The van der Waals surface area contributed by atoms with Crippen LogP contribution in [0.25, 0.3) is 20.2 Å². The number of hydrogen-bond acceptors (Lipinski definition) is 3. The summed E-state index contributed by atoms with van der Waals surface area (Å²) in [4.78, 5) is 0. The van der Waals surface area contributed by atoms with Crippen molar-refractivity contribution in [2.45, 2.75) is 0 Å². The molecule has 0 amide bonds. The van der Waals surface area contributed by atoms with Crippen LogP contribution in [0.2, 0.25) is 0 Å². The third-order valence-corrected chi connectivity index (χ3v) is 3.83. The maximum absolute atomic E-state index is 9.12. The molecule has 4 heteroatoms. The van der Waals surface area contributed by atoms with Crippen LogP contribution in [0.3, 0.4) is 0 Å². The summed E-state index contributed by atoms with van der Waals surface area (Å²) in [5.41, 5.74) is 0.541. The minimum absolute atomic E-state index is 0.541. The molecular weight excluding hydrogens is 219 g/mol. The summed E-state index contributed by atoms with van der Waals surface area (Å²) in [5, 5.41) is 20.6. The Morgan fingerprint density at radius 3 is 2.44 bits per heavy atom. The highest BCUT2D eigenvalue weighted by Gasteiger charge is 2.12. The maximum Gasteiger partial charge on any atom is 0.488 e. The zero-order chi connectivity index (χ0) is 11.1. The second kappa shape index (κ2) is 3.59. The Morgan fingerprint density at radius 1 is 0.875 bits per heavy atom. The van der Waals surface area contributed by atoms with Crippen LogP contribution in [-0.4, -0.2) is 17.2 Å². The van der Waals surface area contributed by atoms with Crippen LogP contribution in [0.5, 0.6) is 0 Å². The first-order valence-electron chi connectivity index (χ1n) is 5.03. The summed E-state index contributed by atoms with van der Waals surface area (Å²) in [5.74, 6) is 0. The molecule has 0 fully saturated rings. The standard InChI is InChI=1S/C12H9BO2S/c14-13(15)8-5-6-10-9-3-1-2-4-11(9)16-12(10)7-8/h1-7,14-15H. The van der Waals surface area contributed by atoms with Gasteiger partial charge in [-0.1, -0.05) is 30.3 Å². The van der Waals surface area contributed by atoms with E-state index in [9.17, 15) is 0 Å². The van der Waals surface area contributed by atoms with E-state index >= 15 is 0 Å². The minimum Gasteiger partial charge on any atom is -0.423 e. The van der Waals surface area contributed by atoms with Gasteiger partial charge in [-0.05, 0) is 17.6 Å². The number of thiophene rings is 1. The molecule has 0 saturated carbocycles. The SMILES string of the molecule is OB(O)c1ccc2c(c1)sc1ccccc12. The van der Waals surface area contributed by atoms with E-state index in [1.165, 1.54) is 15.5 Å². The third-order valence-electron chi connectivity index (χ3n) is 2.70. The topological polar surface area (TPSA) is 40.5 Å². The van der Waals surface area contributed by atoms with Crippen molar-refractivity contribution in [2.24, 2.45) is 0 Å². The molecule has 0 unspecified atom stereocenters. The second-order valence-corrected chi connectivity index (χ2v) is 4.81. The Kier molecular flexibility index (Phi) is 2.21. The van der Waals surface area contributed by atoms with Gasteiger partial charge in [-0.15, -0.1) is 11.3 Å². The highest BCUT2D eigenvalue weighted by atomic mass is 32.1. The van der Waals surface area contributed by atoms with Crippen LogP contribution in [-0.2, 0) is 0 Å². The summed E-state index contributed by atoms with van der Waals surface area (Å²) < 4.78 is 2.31. The van der Waals surface area contributed by atoms with E-state index in [1.807, 2.05) is 24.3 Å². The van der Waals surface area contributed by atoms with Gasteiger partial charge in [0.25, 0.3) is 0 Å². The van der Waals surface area contributed by atoms with Gasteiger partial charge in [0.15, 0.2) is 0 Å². The van der Waals surface area contributed by atoms with Crippen LogP contribution in [0.15, 0.2) is 42.5 Å². The van der Waals surface area contributed by atoms with Crippen LogP contribution in [0.4, 0.5) is 0 Å². The summed E-state index contributed by atoms with van der Waals surface area (Å²) in [6.45, 7) is 0. The molecule has 0 aliphatic carbocycles. The van der Waals surface area contributed by atoms with Crippen molar-refractivity contribution in [3.8, 4) is 0 Å². The Morgan fingerprint density at radius 2 is 1.62 bits per heavy atom. The van der Waals surface area contributed by atoms with Crippen molar-refractivity contribution in [2.75, 3.05) is 0 Å². The predicted octanol–water partition coefficient (Wildman–Crippen LogP) is 1.73. The Balaban J connectivity index is 2.37. The van der Waals surface area contributed by atoms with Gasteiger partial charge in [-0.25, -0.2) is 0 Å². The molecule has 2 aromatic carbocycles. The fourth-order valence-corrected chi connectivity index (χ4v) is 3.06. The van der Waals surface area contributed by atoms with E-state index in [0.717, 1.165) is 4.70 Å². The molecular formula is C12H9BO2S. The average molecular weight is 228 g/mol. The minimum atomic E-state index is -1.39. The molecule has 16 heavy (non-hydrogen) atoms. The highest BCUT2D eigenvalue weighted by Crippen LogP contribution is 2.32. The molecule has 3 rings (SSSR count). The van der Waals surface area contributed by atoms with Gasteiger partial charge in [0, 0.05) is 20.2 Å². The molecule has 0 atom stereocenters. The van der Waals surface area contributed by atoms with E-state index in [0.29, 0.717) is 5.46 Å². The number of fused-ring (bicyclic) bond motifs is 3. The van der Waals surface area contributed by atoms with E-state index in [-0.39, 0.29) is 0 Å². The molecule has 0 saturated heterocycles. The van der Waals surface area contributed by atoms with Gasteiger partial charge in [0.1, 0.15) is 0 Å². The first-order chi connectivity index (χ1) is 7.75. The predicted molar refractivity (Wildman–Crippen MR) is 69.2 cm³/mol. The fraction of sp³-hybridized carbons (Fsp3) is 0. The molecule has 0 spiro atoms. The van der Waals surface area contributed by atoms with Crippen molar-refractivity contribution < 1.29 is 10.0 Å². The zero-order valence-corrected chi connectivity index (χ0v) is 9.24. The largest absolute Gasteiger partial charge is 0.488 e. The lowest BCUT2D eigenvalue weighted by Gasteiger charge is -1.98. The Labute approximate surface area is 96.9 Å². The van der Waals surface area contributed by atoms with Crippen molar-refractivity contribution in [1.29, 1.82) is 0 Å². The van der Waals surface area contributed by atoms with Crippen LogP contribution < -0.4 is 5.46 Å². The quantitative estimate of drug-likeness (QED) is 0.622. The number of hydrogen-bond donors (Lipinski definition) is 2. The molecule has 0 aliphatic rings. The Hall–Kier alpha value is -1.36. The number of benzene rings is 2. The Bertz CT molecular complexity index is 660. The summed E-state index contributed by atoms with van der Waals surface area (Å²) in [6.07, 6.45) is 0. The van der Waals surface area contributed by atoms with Gasteiger partial charge in [-0.2, -0.15) is 0 Å². The lowest BCUT2D eigenvalue weighted by atomic mass is 9.80. The monoisotopic (exact) mass is 228 g/mol. The summed E-state index contributed by atoms with van der Waals surface area (Å²) >= 11 is 1.67. The first kappa shape index (κ1) is 9.84. The van der Waals surface area contributed by atoms with E-state index < -0.39 is 7.12 Å². The molecule has 0 radical (unpaired) electrons. The second-order valence-electron chi connectivity index (χ2n) is 3.73. The van der Waals surface area contributed by atoms with Crippen molar-refractivity contribution >= 4 is 44.1 Å². The van der Waals surface area contributed by atoms with Gasteiger partial charge < -0.3 is 10.0 Å². The average Bonchev–Trinajstić information content (AvgIpc) is 2.66. The van der Waals surface area contributed by atoms with Crippen LogP contribution in [0.1, 0.15) is 0 Å². The molecule has 0 bridgehead atoms. The first-order valence-corrected chi connectivity index (χ1v) is 5.85.